The van der Waals surface area contributed by atoms with E-state index >= 15 is 0 Å². The molecule has 176 valence electrons. The molecule has 1 atom stereocenters. The first-order valence-electron chi connectivity index (χ1n) is 11.5. The van der Waals surface area contributed by atoms with Crippen LogP contribution in [0.1, 0.15) is 50.9 Å². The van der Waals surface area contributed by atoms with Crippen LogP contribution in [0.5, 0.6) is 11.6 Å². The van der Waals surface area contributed by atoms with Crippen LogP contribution in [0.25, 0.3) is 10.8 Å². The van der Waals surface area contributed by atoms with Gasteiger partial charge >= 0.3 is 5.97 Å². The highest BCUT2D eigenvalue weighted by Gasteiger charge is 2.39. The number of hydrogen-bond donors (Lipinski definition) is 2. The number of allylic oxidation sites excluding steroid dienone is 2. The lowest BCUT2D eigenvalue weighted by atomic mass is 9.89. The number of carboxylic acid groups (broad SMARTS) is 1. The lowest BCUT2D eigenvalue weighted by Gasteiger charge is -2.31. The number of rotatable bonds is 9. The van der Waals surface area contributed by atoms with Crippen molar-refractivity contribution < 1.29 is 19.4 Å². The molecule has 4 rings (SSSR count). The molecule has 3 aromatic heterocycles. The maximum Gasteiger partial charge on any atom is 0.329 e. The third-order valence-corrected chi connectivity index (χ3v) is 6.28. The van der Waals surface area contributed by atoms with Crippen LogP contribution in [-0.4, -0.2) is 37.3 Å². The Hall–Kier alpha value is -3.81. The van der Waals surface area contributed by atoms with Crippen LogP contribution < -0.4 is 10.1 Å². The molecular formula is C26H28N4O4. The highest BCUT2D eigenvalue weighted by Crippen LogP contribution is 2.30. The minimum Gasteiger partial charge on any atom is -0.479 e. The van der Waals surface area contributed by atoms with Gasteiger partial charge in [-0.05, 0) is 55.8 Å². The topological polar surface area (TPSA) is 114 Å². The molecule has 0 aliphatic heterocycles. The molecule has 34 heavy (non-hydrogen) atoms. The van der Waals surface area contributed by atoms with E-state index in [0.717, 1.165) is 22.2 Å². The summed E-state index contributed by atoms with van der Waals surface area (Å²) in [5, 5.41) is 15.1. The first kappa shape index (κ1) is 23.4. The summed E-state index contributed by atoms with van der Waals surface area (Å²) in [6.45, 7) is 5.63. The zero-order valence-electron chi connectivity index (χ0n) is 19.6. The van der Waals surface area contributed by atoms with E-state index < -0.39 is 11.5 Å². The summed E-state index contributed by atoms with van der Waals surface area (Å²) in [4.78, 5) is 37.6. The predicted octanol–water partition coefficient (Wildman–Crippen LogP) is 4.52. The Bertz CT molecular complexity index is 1270. The Kier molecular flexibility index (Phi) is 6.58. The van der Waals surface area contributed by atoms with Crippen LogP contribution in [0.4, 0.5) is 0 Å². The third-order valence-electron chi connectivity index (χ3n) is 6.28. The minimum atomic E-state index is -1.25. The van der Waals surface area contributed by atoms with Gasteiger partial charge in [0.05, 0.1) is 11.6 Å². The van der Waals surface area contributed by atoms with Crippen LogP contribution in [0.2, 0.25) is 0 Å². The molecule has 2 N–H and O–H groups in total. The van der Waals surface area contributed by atoms with E-state index in [-0.39, 0.29) is 12.2 Å². The zero-order chi connectivity index (χ0) is 24.3. The van der Waals surface area contributed by atoms with Gasteiger partial charge in [0.2, 0.25) is 5.88 Å². The lowest BCUT2D eigenvalue weighted by Crippen LogP contribution is -2.53. The number of nitrogens with zero attached hydrogens (tertiary/aromatic N) is 3. The molecule has 3 aromatic rings. The lowest BCUT2D eigenvalue weighted by molar-refractivity contribution is -0.144. The number of aliphatic carboxylic acids is 1. The van der Waals surface area contributed by atoms with Crippen molar-refractivity contribution in [1.29, 1.82) is 0 Å². The molecule has 0 fully saturated rings. The normalized spacial score (nSPS) is 15.4. The van der Waals surface area contributed by atoms with E-state index in [1.807, 2.05) is 32.9 Å². The second-order valence-electron chi connectivity index (χ2n) is 8.53. The Labute approximate surface area is 198 Å². The van der Waals surface area contributed by atoms with Crippen LogP contribution in [-0.2, 0) is 16.0 Å². The largest absolute Gasteiger partial charge is 0.479 e. The quantitative estimate of drug-likeness (QED) is 0.479. The highest BCUT2D eigenvalue weighted by molar-refractivity contribution is 5.98. The Morgan fingerprint density at radius 2 is 2.03 bits per heavy atom. The number of aryl methyl sites for hydroxylation is 1. The fraction of sp³-hybridized carbons (Fsp3) is 0.346. The van der Waals surface area contributed by atoms with Crippen molar-refractivity contribution in [3.63, 3.8) is 0 Å². The highest BCUT2D eigenvalue weighted by atomic mass is 16.5. The first-order valence-corrected chi connectivity index (χ1v) is 11.5. The van der Waals surface area contributed by atoms with Gasteiger partial charge in [0.1, 0.15) is 11.3 Å². The molecule has 8 heteroatoms. The van der Waals surface area contributed by atoms with Crippen molar-refractivity contribution in [2.24, 2.45) is 0 Å². The summed E-state index contributed by atoms with van der Waals surface area (Å²) in [5.41, 5.74) is 1.61. The van der Waals surface area contributed by atoms with E-state index in [0.29, 0.717) is 48.6 Å². The molecule has 8 nitrogen and oxygen atoms in total. The van der Waals surface area contributed by atoms with Gasteiger partial charge in [0, 0.05) is 47.9 Å². The Morgan fingerprint density at radius 3 is 2.71 bits per heavy atom. The molecule has 1 aliphatic rings. The maximum atomic E-state index is 12.3. The van der Waals surface area contributed by atoms with Gasteiger partial charge in [0.25, 0.3) is 0 Å². The van der Waals surface area contributed by atoms with Crippen molar-refractivity contribution in [3.05, 3.63) is 65.5 Å². The number of nitrogens with one attached hydrogen (secondary N) is 1. The van der Waals surface area contributed by atoms with Gasteiger partial charge < -0.3 is 15.2 Å². The molecule has 0 aromatic carbocycles. The predicted molar refractivity (Wildman–Crippen MR) is 128 cm³/mol. The number of carbonyl (C=O) groups is 2. The number of ether oxygens (including phenoxy) is 1. The van der Waals surface area contributed by atoms with Crippen LogP contribution in [0, 0.1) is 6.92 Å². The van der Waals surface area contributed by atoms with E-state index in [2.05, 4.69) is 20.3 Å². The number of pyridine rings is 3. The number of Topliss-reactive ketones (excluding diaryl/α,β-unsaturated/α-hetero) is 1. The first-order chi connectivity index (χ1) is 16.3. The van der Waals surface area contributed by atoms with Gasteiger partial charge in [-0.3, -0.25) is 14.8 Å². The third kappa shape index (κ3) is 4.62. The van der Waals surface area contributed by atoms with Crippen molar-refractivity contribution >= 4 is 22.5 Å². The Morgan fingerprint density at radius 1 is 1.21 bits per heavy atom. The fourth-order valence-corrected chi connectivity index (χ4v) is 4.35. The standard InChI is InChI=1S/C26H28N4O4/c1-4-20-22(8-9-23(20)31)30-26(5-2,25(32)33)13-18-6-7-19(14-28-18)34-24-21-15-27-11-10-17(21)12-16(3)29-24/h6-7,10-12,14-15,30H,4-5,8-9,13H2,1-3H3,(H,32,33). The van der Waals surface area contributed by atoms with Crippen molar-refractivity contribution in [2.75, 3.05) is 0 Å². The van der Waals surface area contributed by atoms with E-state index in [9.17, 15) is 14.7 Å². The average molecular weight is 461 g/mol. The van der Waals surface area contributed by atoms with Crippen LogP contribution in [0.15, 0.2) is 54.1 Å². The number of hydrogen-bond acceptors (Lipinski definition) is 7. The van der Waals surface area contributed by atoms with Crippen molar-refractivity contribution in [1.82, 2.24) is 20.3 Å². The van der Waals surface area contributed by atoms with Gasteiger partial charge in [-0.25, -0.2) is 9.78 Å². The molecule has 1 unspecified atom stereocenters. The molecule has 0 amide bonds. The smallest absolute Gasteiger partial charge is 0.329 e. The molecule has 0 bridgehead atoms. The van der Waals surface area contributed by atoms with Gasteiger partial charge in [-0.15, -0.1) is 0 Å². The maximum absolute atomic E-state index is 12.3. The molecule has 0 spiro atoms. The summed E-state index contributed by atoms with van der Waals surface area (Å²) in [6, 6.07) is 7.38. The van der Waals surface area contributed by atoms with Crippen LogP contribution in [0.3, 0.4) is 0 Å². The molecule has 0 saturated carbocycles. The van der Waals surface area contributed by atoms with E-state index in [1.165, 1.54) is 0 Å². The summed E-state index contributed by atoms with van der Waals surface area (Å²) in [7, 11) is 0. The minimum absolute atomic E-state index is 0.0903. The molecular weight excluding hydrogens is 432 g/mol. The van der Waals surface area contributed by atoms with E-state index in [1.54, 1.807) is 30.7 Å². The van der Waals surface area contributed by atoms with Crippen LogP contribution >= 0.6 is 0 Å². The number of fused-ring (bicyclic) bond motifs is 1. The van der Waals surface area contributed by atoms with Gasteiger partial charge in [0.15, 0.2) is 5.78 Å². The average Bonchev–Trinajstić information content (AvgIpc) is 3.18. The number of ketones is 1. The molecule has 1 aliphatic carbocycles. The SMILES string of the molecule is CCC1=C(NC(CC)(Cc2ccc(Oc3nc(C)cc4ccncc34)cn2)C(=O)O)CCC1=O. The summed E-state index contributed by atoms with van der Waals surface area (Å²) < 4.78 is 5.99. The summed E-state index contributed by atoms with van der Waals surface area (Å²) in [5.74, 6) is 0.0577. The van der Waals surface area contributed by atoms with Crippen molar-refractivity contribution in [3.8, 4) is 11.6 Å². The zero-order valence-corrected chi connectivity index (χ0v) is 19.6. The molecule has 0 radical (unpaired) electrons. The van der Waals surface area contributed by atoms with Gasteiger partial charge in [-0.1, -0.05) is 13.8 Å². The second-order valence-corrected chi connectivity index (χ2v) is 8.53. The molecule has 3 heterocycles. The van der Waals surface area contributed by atoms with E-state index in [4.69, 9.17) is 4.74 Å². The Balaban J connectivity index is 1.57. The number of carbonyl (C=O) groups excluding carboxylic acids is 1. The number of aromatic nitrogens is 3. The van der Waals surface area contributed by atoms with Crippen molar-refractivity contribution in [2.45, 2.75) is 58.4 Å². The monoisotopic (exact) mass is 460 g/mol. The second kappa shape index (κ2) is 9.59. The summed E-state index contributed by atoms with van der Waals surface area (Å²) in [6.07, 6.45) is 7.06. The van der Waals surface area contributed by atoms with Gasteiger partial charge in [-0.2, -0.15) is 0 Å². The number of carboxylic acids is 1. The summed E-state index contributed by atoms with van der Waals surface area (Å²) >= 11 is 0. The fourth-order valence-electron chi connectivity index (χ4n) is 4.35. The molecule has 0 saturated heterocycles.